The molecule has 2 fully saturated rings. The van der Waals surface area contributed by atoms with E-state index in [9.17, 15) is 18.0 Å². The van der Waals surface area contributed by atoms with Crippen molar-refractivity contribution in [3.63, 3.8) is 0 Å². The molecule has 1 aromatic carbocycles. The van der Waals surface area contributed by atoms with Gasteiger partial charge in [-0.25, -0.2) is 8.42 Å². The van der Waals surface area contributed by atoms with Gasteiger partial charge in [-0.05, 0) is 30.7 Å². The lowest BCUT2D eigenvalue weighted by Gasteiger charge is -2.22. The minimum atomic E-state index is -3.06. The van der Waals surface area contributed by atoms with Gasteiger partial charge >= 0.3 is 0 Å². The quantitative estimate of drug-likeness (QED) is 0.662. The van der Waals surface area contributed by atoms with Gasteiger partial charge in [0.1, 0.15) is 18.1 Å². The SMILES string of the molecule is COc1ccc(OCCNC(=O)C2CC(=O)N(C3CCS(=O)(=O)C3)C2)cc1. The number of hydrogen-bond donors (Lipinski definition) is 1. The minimum absolute atomic E-state index is 0.00276. The number of carbonyl (C=O) groups is 2. The van der Waals surface area contributed by atoms with Crippen molar-refractivity contribution in [1.29, 1.82) is 0 Å². The minimum Gasteiger partial charge on any atom is -0.497 e. The Morgan fingerprint density at radius 2 is 1.96 bits per heavy atom. The lowest BCUT2D eigenvalue weighted by molar-refractivity contribution is -0.130. The van der Waals surface area contributed by atoms with E-state index in [1.807, 2.05) is 0 Å². The number of carbonyl (C=O) groups excluding carboxylic acids is 2. The standard InChI is InChI=1S/C18H24N2O6S/c1-25-15-2-4-16(5-3-15)26-8-7-19-18(22)13-10-17(21)20(11-13)14-6-9-27(23,24)12-14/h2-5,13-14H,6-12H2,1H3,(H,19,22). The molecule has 1 aromatic rings. The number of nitrogens with zero attached hydrogens (tertiary/aromatic N) is 1. The summed E-state index contributed by atoms with van der Waals surface area (Å²) in [7, 11) is -1.47. The first-order chi connectivity index (χ1) is 12.9. The number of rotatable bonds is 7. The molecular weight excluding hydrogens is 372 g/mol. The Morgan fingerprint density at radius 1 is 1.26 bits per heavy atom. The third-order valence-corrected chi connectivity index (χ3v) is 6.66. The van der Waals surface area contributed by atoms with Crippen LogP contribution in [-0.4, -0.2) is 69.5 Å². The van der Waals surface area contributed by atoms with Crippen molar-refractivity contribution >= 4 is 21.7 Å². The summed E-state index contributed by atoms with van der Waals surface area (Å²) < 4.78 is 33.8. The van der Waals surface area contributed by atoms with E-state index >= 15 is 0 Å². The van der Waals surface area contributed by atoms with E-state index in [1.165, 1.54) is 0 Å². The average Bonchev–Trinajstić information content (AvgIpc) is 3.21. The predicted octanol–water partition coefficient (Wildman–Crippen LogP) is 0.226. The van der Waals surface area contributed by atoms with Gasteiger partial charge in [-0.3, -0.25) is 9.59 Å². The van der Waals surface area contributed by atoms with Crippen molar-refractivity contribution in [3.05, 3.63) is 24.3 Å². The highest BCUT2D eigenvalue weighted by molar-refractivity contribution is 7.91. The Balaban J connectivity index is 1.41. The molecule has 0 saturated carbocycles. The Morgan fingerprint density at radius 3 is 2.59 bits per heavy atom. The molecule has 8 nitrogen and oxygen atoms in total. The van der Waals surface area contributed by atoms with Crippen LogP contribution in [0.2, 0.25) is 0 Å². The number of hydrogen-bond acceptors (Lipinski definition) is 6. The van der Waals surface area contributed by atoms with E-state index in [0.29, 0.717) is 25.3 Å². The summed E-state index contributed by atoms with van der Waals surface area (Å²) >= 11 is 0. The van der Waals surface area contributed by atoms with Crippen LogP contribution in [0.1, 0.15) is 12.8 Å². The molecule has 2 saturated heterocycles. The van der Waals surface area contributed by atoms with Gasteiger partial charge in [0.25, 0.3) is 0 Å². The van der Waals surface area contributed by atoms with Gasteiger partial charge in [0, 0.05) is 19.0 Å². The molecule has 0 spiro atoms. The average molecular weight is 396 g/mol. The molecular formula is C18H24N2O6S. The zero-order valence-electron chi connectivity index (χ0n) is 15.2. The summed E-state index contributed by atoms with van der Waals surface area (Å²) in [5, 5.41) is 2.78. The molecule has 2 atom stereocenters. The van der Waals surface area contributed by atoms with E-state index < -0.39 is 15.8 Å². The fourth-order valence-corrected chi connectivity index (χ4v) is 5.17. The molecule has 0 aliphatic carbocycles. The van der Waals surface area contributed by atoms with Crippen LogP contribution >= 0.6 is 0 Å². The van der Waals surface area contributed by atoms with Crippen LogP contribution in [0.3, 0.4) is 0 Å². The largest absolute Gasteiger partial charge is 0.497 e. The van der Waals surface area contributed by atoms with Gasteiger partial charge in [0.05, 0.1) is 31.1 Å². The summed E-state index contributed by atoms with van der Waals surface area (Å²) in [6, 6.07) is 6.85. The van der Waals surface area contributed by atoms with Gasteiger partial charge in [0.15, 0.2) is 9.84 Å². The van der Waals surface area contributed by atoms with E-state index in [0.717, 1.165) is 5.75 Å². The van der Waals surface area contributed by atoms with Crippen molar-refractivity contribution in [2.75, 3.05) is 38.3 Å². The molecule has 0 aromatic heterocycles. The normalized spacial score (nSPS) is 24.0. The first-order valence-corrected chi connectivity index (χ1v) is 10.7. The Labute approximate surface area is 158 Å². The molecule has 0 radical (unpaired) electrons. The Bertz CT molecular complexity index is 793. The monoisotopic (exact) mass is 396 g/mol. The Kier molecular flexibility index (Phi) is 5.88. The van der Waals surface area contributed by atoms with Crippen molar-refractivity contribution in [2.45, 2.75) is 18.9 Å². The van der Waals surface area contributed by atoms with Gasteiger partial charge in [-0.15, -0.1) is 0 Å². The summed E-state index contributed by atoms with van der Waals surface area (Å²) in [6.45, 7) is 0.918. The molecule has 2 amide bonds. The number of ether oxygens (including phenoxy) is 2. The number of benzene rings is 1. The third-order valence-electron chi connectivity index (χ3n) is 4.91. The van der Waals surface area contributed by atoms with Crippen LogP contribution in [0.5, 0.6) is 11.5 Å². The molecule has 0 bridgehead atoms. The van der Waals surface area contributed by atoms with Crippen molar-refractivity contribution in [1.82, 2.24) is 10.2 Å². The zero-order chi connectivity index (χ0) is 19.4. The number of methoxy groups -OCH3 is 1. The van der Waals surface area contributed by atoms with Crippen LogP contribution in [0, 0.1) is 5.92 Å². The second kappa shape index (κ2) is 8.16. The fourth-order valence-electron chi connectivity index (χ4n) is 3.44. The predicted molar refractivity (Wildman–Crippen MR) is 98.4 cm³/mol. The number of likely N-dealkylation sites (tertiary alicyclic amines) is 1. The van der Waals surface area contributed by atoms with Crippen molar-refractivity contribution in [3.8, 4) is 11.5 Å². The van der Waals surface area contributed by atoms with Crippen LogP contribution in [-0.2, 0) is 19.4 Å². The van der Waals surface area contributed by atoms with E-state index in [2.05, 4.69) is 5.32 Å². The number of amides is 2. The summed E-state index contributed by atoms with van der Waals surface area (Å²) in [4.78, 5) is 26.0. The molecule has 2 aliphatic heterocycles. The first-order valence-electron chi connectivity index (χ1n) is 8.92. The topological polar surface area (TPSA) is 102 Å². The Hall–Kier alpha value is -2.29. The molecule has 2 unspecified atom stereocenters. The molecule has 2 heterocycles. The first kappa shape index (κ1) is 19.5. The molecule has 148 valence electrons. The molecule has 3 rings (SSSR count). The van der Waals surface area contributed by atoms with Gasteiger partial charge in [0.2, 0.25) is 11.8 Å². The van der Waals surface area contributed by atoms with Crippen molar-refractivity contribution < 1.29 is 27.5 Å². The summed E-state index contributed by atoms with van der Waals surface area (Å²) in [6.07, 6.45) is 0.583. The highest BCUT2D eigenvalue weighted by atomic mass is 32.2. The van der Waals surface area contributed by atoms with E-state index in [-0.39, 0.29) is 42.3 Å². The highest BCUT2D eigenvalue weighted by Crippen LogP contribution is 2.26. The summed E-state index contributed by atoms with van der Waals surface area (Å²) in [5.41, 5.74) is 0. The highest BCUT2D eigenvalue weighted by Gasteiger charge is 2.41. The molecule has 1 N–H and O–H groups in total. The van der Waals surface area contributed by atoms with Gasteiger partial charge in [-0.1, -0.05) is 0 Å². The van der Waals surface area contributed by atoms with Crippen LogP contribution in [0.4, 0.5) is 0 Å². The lowest BCUT2D eigenvalue weighted by atomic mass is 10.1. The zero-order valence-corrected chi connectivity index (χ0v) is 16.0. The maximum absolute atomic E-state index is 12.3. The van der Waals surface area contributed by atoms with Gasteiger partial charge < -0.3 is 19.7 Å². The maximum Gasteiger partial charge on any atom is 0.225 e. The summed E-state index contributed by atoms with van der Waals surface area (Å²) in [5.74, 6) is 0.735. The second-order valence-corrected chi connectivity index (χ2v) is 9.05. The van der Waals surface area contributed by atoms with Crippen LogP contribution in [0.25, 0.3) is 0 Å². The van der Waals surface area contributed by atoms with Crippen LogP contribution in [0.15, 0.2) is 24.3 Å². The smallest absolute Gasteiger partial charge is 0.225 e. The van der Waals surface area contributed by atoms with Crippen LogP contribution < -0.4 is 14.8 Å². The third kappa shape index (κ3) is 4.91. The molecule has 27 heavy (non-hydrogen) atoms. The second-order valence-electron chi connectivity index (χ2n) is 6.82. The number of sulfone groups is 1. The fraction of sp³-hybridized carbons (Fsp3) is 0.556. The molecule has 9 heteroatoms. The van der Waals surface area contributed by atoms with Crippen molar-refractivity contribution in [2.24, 2.45) is 5.92 Å². The van der Waals surface area contributed by atoms with Gasteiger partial charge in [-0.2, -0.15) is 0 Å². The number of nitrogens with one attached hydrogen (secondary N) is 1. The van der Waals surface area contributed by atoms with E-state index in [1.54, 1.807) is 36.3 Å². The van der Waals surface area contributed by atoms with E-state index in [4.69, 9.17) is 9.47 Å². The maximum atomic E-state index is 12.3. The lowest BCUT2D eigenvalue weighted by Crippen LogP contribution is -2.39. The molecule has 2 aliphatic rings.